The van der Waals surface area contributed by atoms with E-state index in [1.165, 1.54) is 0 Å². The van der Waals surface area contributed by atoms with Gasteiger partial charge in [0.05, 0.1) is 11.8 Å². The Morgan fingerprint density at radius 2 is 1.21 bits per heavy atom. The summed E-state index contributed by atoms with van der Waals surface area (Å²) in [5.74, 6) is -14.9. The van der Waals surface area contributed by atoms with E-state index >= 15 is 0 Å². The van der Waals surface area contributed by atoms with Crippen molar-refractivity contribution in [2.45, 2.75) is 39.4 Å². The molecule has 2 aliphatic rings. The molecule has 2 atom stereocenters. The minimum Gasteiger partial charge on any atom is -0.330 e. The van der Waals surface area contributed by atoms with Crippen LogP contribution in [0.3, 0.4) is 0 Å². The lowest BCUT2D eigenvalue weighted by molar-refractivity contribution is -0.199. The van der Waals surface area contributed by atoms with E-state index in [-0.39, 0.29) is 10.1 Å². The molecule has 0 aromatic carbocycles. The summed E-state index contributed by atoms with van der Waals surface area (Å²) in [5.41, 5.74) is -8.05. The van der Waals surface area contributed by atoms with Gasteiger partial charge in [-0.1, -0.05) is 13.7 Å². The SMILES string of the molecule is [2H]C([2H])([2H])C(C(=O)ON1C(=O)CCC1=O)C([2H])([2H])S(=O)C([2H])([2H])C(C(=O)ON1C(=O)CCC1=O)C([2H])([2H])[2H]. The molecule has 0 saturated carbocycles. The van der Waals surface area contributed by atoms with Gasteiger partial charge in [-0.2, -0.15) is 0 Å². The van der Waals surface area contributed by atoms with Crippen LogP contribution < -0.4 is 0 Å². The zero-order valence-corrected chi connectivity index (χ0v) is 14.8. The summed E-state index contributed by atoms with van der Waals surface area (Å²) in [7, 11) is -4.01. The third-order valence-corrected chi connectivity index (χ3v) is 4.19. The lowest BCUT2D eigenvalue weighted by Gasteiger charge is -2.18. The van der Waals surface area contributed by atoms with E-state index < -0.39 is 109 Å². The van der Waals surface area contributed by atoms with Gasteiger partial charge in [0.2, 0.25) is 0 Å². The van der Waals surface area contributed by atoms with Crippen LogP contribution in [0.1, 0.15) is 53.1 Å². The van der Waals surface area contributed by atoms with Gasteiger partial charge in [-0.3, -0.25) is 23.4 Å². The van der Waals surface area contributed by atoms with E-state index in [2.05, 4.69) is 9.68 Å². The highest BCUT2D eigenvalue weighted by molar-refractivity contribution is 7.85. The van der Waals surface area contributed by atoms with Crippen molar-refractivity contribution in [1.29, 1.82) is 0 Å². The van der Waals surface area contributed by atoms with Crippen LogP contribution in [0.25, 0.3) is 0 Å². The number of amides is 4. The van der Waals surface area contributed by atoms with Crippen molar-refractivity contribution in [3.63, 3.8) is 0 Å². The van der Waals surface area contributed by atoms with Gasteiger partial charge in [-0.15, -0.1) is 10.1 Å². The van der Waals surface area contributed by atoms with Gasteiger partial charge in [-0.05, 0) is 0 Å². The maximum Gasteiger partial charge on any atom is 0.336 e. The number of hydrogen-bond acceptors (Lipinski definition) is 9. The van der Waals surface area contributed by atoms with Crippen molar-refractivity contribution < 1.29 is 56.4 Å². The number of carbonyl (C=O) groups is 6. The number of carbonyl (C=O) groups excluding carboxylic acids is 6. The van der Waals surface area contributed by atoms with Gasteiger partial charge >= 0.3 is 11.9 Å². The quantitative estimate of drug-likeness (QED) is 0.456. The molecule has 0 aromatic heterocycles. The van der Waals surface area contributed by atoms with Crippen LogP contribution in [0.4, 0.5) is 0 Å². The van der Waals surface area contributed by atoms with Crippen molar-refractivity contribution >= 4 is 46.4 Å². The summed E-state index contributed by atoms with van der Waals surface area (Å²) >= 11 is 0. The van der Waals surface area contributed by atoms with Crippen molar-refractivity contribution in [2.75, 3.05) is 11.4 Å². The fraction of sp³-hybridized carbons (Fsp3) is 0.625. The molecule has 154 valence electrons. The zero-order valence-electron chi connectivity index (χ0n) is 24.0. The second kappa shape index (κ2) is 9.04. The first-order chi connectivity index (χ1) is 17.0. The van der Waals surface area contributed by atoms with Gasteiger partial charge in [0.1, 0.15) is 0 Å². The van der Waals surface area contributed by atoms with Gasteiger partial charge < -0.3 is 9.68 Å². The second-order valence-electron chi connectivity index (χ2n) is 5.35. The summed E-state index contributed by atoms with van der Waals surface area (Å²) in [6.07, 6.45) is -1.68. The van der Waals surface area contributed by atoms with E-state index in [4.69, 9.17) is 13.7 Å². The van der Waals surface area contributed by atoms with Crippen molar-refractivity contribution in [1.82, 2.24) is 10.1 Å². The number of imide groups is 2. The second-order valence-corrected chi connectivity index (χ2v) is 6.36. The fourth-order valence-corrected chi connectivity index (χ4v) is 2.63. The normalized spacial score (nSPS) is 27.6. The molecule has 2 unspecified atom stereocenters. The molecular weight excluding hydrogens is 396 g/mol. The van der Waals surface area contributed by atoms with Crippen molar-refractivity contribution in [3.05, 3.63) is 0 Å². The molecule has 2 fully saturated rings. The molecule has 2 saturated heterocycles. The molecule has 28 heavy (non-hydrogen) atoms. The van der Waals surface area contributed by atoms with Crippen molar-refractivity contribution in [2.24, 2.45) is 11.8 Å². The van der Waals surface area contributed by atoms with Crippen molar-refractivity contribution in [3.8, 4) is 0 Å². The number of hydroxylamine groups is 4. The van der Waals surface area contributed by atoms with Crippen LogP contribution in [0.2, 0.25) is 0 Å². The molecular formula is C16H20N2O9S. The molecule has 0 bridgehead atoms. The molecule has 2 rings (SSSR count). The Bertz CT molecular complexity index is 977. The average Bonchev–Trinajstić information content (AvgIpc) is 3.20. The lowest BCUT2D eigenvalue weighted by atomic mass is 10.2. The maximum absolute atomic E-state index is 13.2. The monoisotopic (exact) mass is 426 g/mol. The Labute approximate surface area is 176 Å². The summed E-state index contributed by atoms with van der Waals surface area (Å²) < 4.78 is 90.5. The number of nitrogens with zero attached hydrogens (tertiary/aromatic N) is 2. The third kappa shape index (κ3) is 5.21. The molecule has 11 nitrogen and oxygen atoms in total. The smallest absolute Gasteiger partial charge is 0.330 e. The molecule has 0 radical (unpaired) electrons. The van der Waals surface area contributed by atoms with Gasteiger partial charge in [0.15, 0.2) is 0 Å². The Morgan fingerprint density at radius 3 is 1.50 bits per heavy atom. The first kappa shape index (κ1) is 11.4. The summed E-state index contributed by atoms with van der Waals surface area (Å²) in [6.45, 7) is -7.52. The average molecular weight is 426 g/mol. The predicted molar refractivity (Wildman–Crippen MR) is 90.6 cm³/mol. The molecule has 0 aromatic rings. The van der Waals surface area contributed by atoms with Gasteiger partial charge in [0.25, 0.3) is 23.6 Å². The first-order valence-electron chi connectivity index (χ1n) is 12.6. The van der Waals surface area contributed by atoms with Crippen LogP contribution in [0.5, 0.6) is 0 Å². The minimum atomic E-state index is -4.03. The van der Waals surface area contributed by atoms with Crippen LogP contribution in [0, 0.1) is 11.8 Å². The fourth-order valence-electron chi connectivity index (χ4n) is 1.95. The Kier molecular flexibility index (Phi) is 3.68. The standard InChI is InChI=1S/C16H20N2O9S/c1-9(15(23)26-17-11(19)3-4-12(17)20)7-28(25)8-10(2)16(24)27-18-13(21)5-6-14(18)22/h9-10H,3-8H2,1-2H3/i1D3,2D3,7D2,8D2. The minimum absolute atomic E-state index is 0.138. The van der Waals surface area contributed by atoms with Crippen LogP contribution in [-0.2, 0) is 49.2 Å². The number of rotatable bonds is 8. The third-order valence-electron chi connectivity index (χ3n) is 3.30. The molecule has 2 aliphatic heterocycles. The molecule has 4 amide bonds. The van der Waals surface area contributed by atoms with E-state index in [0.717, 1.165) is 0 Å². The van der Waals surface area contributed by atoms with Crippen LogP contribution in [0.15, 0.2) is 0 Å². The van der Waals surface area contributed by atoms with E-state index in [9.17, 15) is 33.0 Å². The van der Waals surface area contributed by atoms with E-state index in [0.29, 0.717) is 0 Å². The van der Waals surface area contributed by atoms with E-state index in [1.807, 2.05) is 0 Å². The van der Waals surface area contributed by atoms with Crippen LogP contribution in [-0.4, -0.2) is 61.3 Å². The van der Waals surface area contributed by atoms with Gasteiger partial charge in [0, 0.05) is 61.6 Å². The zero-order chi connectivity index (χ0) is 29.6. The van der Waals surface area contributed by atoms with Crippen LogP contribution >= 0.6 is 0 Å². The summed E-state index contributed by atoms with van der Waals surface area (Å²) in [5, 5.41) is -0.275. The molecule has 0 aliphatic carbocycles. The summed E-state index contributed by atoms with van der Waals surface area (Å²) in [4.78, 5) is 80.9. The molecule has 2 heterocycles. The topological polar surface area (TPSA) is 144 Å². The number of hydrogen-bond donors (Lipinski definition) is 0. The molecule has 0 spiro atoms. The molecule has 12 heteroatoms. The Hall–Kier alpha value is -2.63. The van der Waals surface area contributed by atoms with E-state index in [1.54, 1.807) is 0 Å². The highest BCUT2D eigenvalue weighted by Gasteiger charge is 2.36. The highest BCUT2D eigenvalue weighted by atomic mass is 32.2. The Morgan fingerprint density at radius 1 is 0.893 bits per heavy atom. The lowest BCUT2D eigenvalue weighted by Crippen LogP contribution is -2.36. The summed E-state index contributed by atoms with van der Waals surface area (Å²) in [6, 6.07) is 0. The maximum atomic E-state index is 13.2. The first-order valence-corrected chi connectivity index (χ1v) is 8.76. The highest BCUT2D eigenvalue weighted by Crippen LogP contribution is 2.16. The van der Waals surface area contributed by atoms with Gasteiger partial charge in [-0.25, -0.2) is 9.59 Å². The largest absolute Gasteiger partial charge is 0.336 e. The molecule has 0 N–H and O–H groups in total. The Balaban J connectivity index is 2.46. The predicted octanol–water partition coefficient (Wildman–Crippen LogP) is -0.778.